The van der Waals surface area contributed by atoms with Crippen molar-refractivity contribution >= 4 is 5.91 Å². The fourth-order valence-corrected chi connectivity index (χ4v) is 3.57. The predicted octanol–water partition coefficient (Wildman–Crippen LogP) is 1.73. The van der Waals surface area contributed by atoms with Crippen LogP contribution in [0, 0.1) is 11.3 Å². The van der Waals surface area contributed by atoms with Crippen LogP contribution in [0.3, 0.4) is 0 Å². The van der Waals surface area contributed by atoms with E-state index in [0.29, 0.717) is 11.8 Å². The van der Waals surface area contributed by atoms with Crippen LogP contribution in [0.15, 0.2) is 30.3 Å². The van der Waals surface area contributed by atoms with Gasteiger partial charge in [-0.2, -0.15) is 0 Å². The largest absolute Gasteiger partial charge is 0.355 e. The summed E-state index contributed by atoms with van der Waals surface area (Å²) < 4.78 is 0. The summed E-state index contributed by atoms with van der Waals surface area (Å²) in [5.74, 6) is 0.872. The molecule has 1 unspecified atom stereocenters. The van der Waals surface area contributed by atoms with Gasteiger partial charge in [0.05, 0.1) is 5.41 Å². The van der Waals surface area contributed by atoms with E-state index in [1.807, 2.05) is 0 Å². The molecule has 0 saturated carbocycles. The van der Waals surface area contributed by atoms with E-state index in [4.69, 9.17) is 0 Å². The highest BCUT2D eigenvalue weighted by Crippen LogP contribution is 2.39. The van der Waals surface area contributed by atoms with Crippen LogP contribution in [0.4, 0.5) is 0 Å². The molecule has 2 fully saturated rings. The van der Waals surface area contributed by atoms with Gasteiger partial charge in [0.2, 0.25) is 5.91 Å². The summed E-state index contributed by atoms with van der Waals surface area (Å²) in [6, 6.07) is 10.6. The lowest BCUT2D eigenvalue weighted by Crippen LogP contribution is -2.54. The number of hydrogen-bond acceptors (Lipinski definition) is 2. The van der Waals surface area contributed by atoms with Gasteiger partial charge in [0.1, 0.15) is 0 Å². The third-order valence-corrected chi connectivity index (χ3v) is 4.64. The van der Waals surface area contributed by atoms with Gasteiger partial charge >= 0.3 is 0 Å². The summed E-state index contributed by atoms with van der Waals surface area (Å²) in [7, 11) is 0. The van der Waals surface area contributed by atoms with Gasteiger partial charge < -0.3 is 10.6 Å². The van der Waals surface area contributed by atoms with E-state index in [1.165, 1.54) is 5.56 Å². The van der Waals surface area contributed by atoms with Crippen LogP contribution in [-0.4, -0.2) is 25.5 Å². The van der Waals surface area contributed by atoms with Crippen molar-refractivity contribution < 1.29 is 4.79 Å². The SMILES string of the molecule is O=C1NCC(Cc2ccccc2)CC12CCNCC2. The summed E-state index contributed by atoms with van der Waals surface area (Å²) >= 11 is 0. The van der Waals surface area contributed by atoms with E-state index >= 15 is 0 Å². The van der Waals surface area contributed by atoms with Gasteiger partial charge in [0.15, 0.2) is 0 Å². The average molecular weight is 258 g/mol. The highest BCUT2D eigenvalue weighted by atomic mass is 16.2. The Morgan fingerprint density at radius 1 is 1.16 bits per heavy atom. The molecule has 1 aromatic carbocycles. The molecule has 0 radical (unpaired) electrons. The second kappa shape index (κ2) is 5.33. The van der Waals surface area contributed by atoms with Gasteiger partial charge in [-0.3, -0.25) is 4.79 Å². The molecule has 3 rings (SSSR count). The minimum absolute atomic E-state index is 0.0943. The zero-order valence-electron chi connectivity index (χ0n) is 11.3. The Kier molecular flexibility index (Phi) is 3.56. The van der Waals surface area contributed by atoms with Crippen LogP contribution in [0.5, 0.6) is 0 Å². The third kappa shape index (κ3) is 2.66. The van der Waals surface area contributed by atoms with Crippen molar-refractivity contribution in [3.63, 3.8) is 0 Å². The zero-order chi connectivity index (χ0) is 13.1. The molecule has 1 atom stereocenters. The maximum absolute atomic E-state index is 12.2. The molecule has 0 aromatic heterocycles. The van der Waals surface area contributed by atoms with Gasteiger partial charge in [-0.05, 0) is 50.3 Å². The molecule has 3 heteroatoms. The summed E-state index contributed by atoms with van der Waals surface area (Å²) in [6.07, 6.45) is 4.11. The number of rotatable bonds is 2. The number of carbonyl (C=O) groups is 1. The third-order valence-electron chi connectivity index (χ3n) is 4.64. The predicted molar refractivity (Wildman–Crippen MR) is 75.8 cm³/mol. The Morgan fingerprint density at radius 3 is 2.63 bits per heavy atom. The number of hydrogen-bond donors (Lipinski definition) is 2. The average Bonchev–Trinajstić information content (AvgIpc) is 2.45. The first kappa shape index (κ1) is 12.7. The lowest BCUT2D eigenvalue weighted by Gasteiger charge is -2.42. The molecular weight excluding hydrogens is 236 g/mol. The smallest absolute Gasteiger partial charge is 0.226 e. The number of carbonyl (C=O) groups excluding carboxylic acids is 1. The first-order valence-corrected chi connectivity index (χ1v) is 7.31. The monoisotopic (exact) mass is 258 g/mol. The zero-order valence-corrected chi connectivity index (χ0v) is 11.3. The number of benzene rings is 1. The summed E-state index contributed by atoms with van der Waals surface area (Å²) in [5, 5.41) is 6.51. The van der Waals surface area contributed by atoms with E-state index in [0.717, 1.165) is 45.3 Å². The lowest BCUT2D eigenvalue weighted by molar-refractivity contribution is -0.137. The van der Waals surface area contributed by atoms with Crippen molar-refractivity contribution in [1.29, 1.82) is 0 Å². The highest BCUT2D eigenvalue weighted by Gasteiger charge is 2.43. The number of amides is 1. The van der Waals surface area contributed by atoms with E-state index in [1.54, 1.807) is 0 Å². The fourth-order valence-electron chi connectivity index (χ4n) is 3.57. The molecule has 2 heterocycles. The fraction of sp³-hybridized carbons (Fsp3) is 0.562. The second-order valence-electron chi connectivity index (χ2n) is 6.00. The van der Waals surface area contributed by atoms with E-state index in [-0.39, 0.29) is 5.41 Å². The number of piperidine rings is 2. The van der Waals surface area contributed by atoms with Gasteiger partial charge in [-0.1, -0.05) is 30.3 Å². The van der Waals surface area contributed by atoms with Crippen LogP contribution in [0.25, 0.3) is 0 Å². The van der Waals surface area contributed by atoms with E-state index in [9.17, 15) is 4.79 Å². The Bertz CT molecular complexity index is 437. The molecule has 0 bridgehead atoms. The van der Waals surface area contributed by atoms with Gasteiger partial charge in [0.25, 0.3) is 0 Å². The Labute approximate surface area is 114 Å². The molecule has 1 aromatic rings. The van der Waals surface area contributed by atoms with Crippen molar-refractivity contribution in [1.82, 2.24) is 10.6 Å². The molecule has 2 aliphatic rings. The van der Waals surface area contributed by atoms with E-state index in [2.05, 4.69) is 41.0 Å². The quantitative estimate of drug-likeness (QED) is 0.848. The first-order chi connectivity index (χ1) is 9.28. The van der Waals surface area contributed by atoms with Gasteiger partial charge in [-0.25, -0.2) is 0 Å². The molecule has 2 aliphatic heterocycles. The minimum Gasteiger partial charge on any atom is -0.355 e. The van der Waals surface area contributed by atoms with Crippen LogP contribution >= 0.6 is 0 Å². The molecule has 1 amide bonds. The van der Waals surface area contributed by atoms with Crippen LogP contribution in [0.1, 0.15) is 24.8 Å². The molecule has 102 valence electrons. The van der Waals surface area contributed by atoms with Crippen molar-refractivity contribution in [3.05, 3.63) is 35.9 Å². The van der Waals surface area contributed by atoms with Crippen molar-refractivity contribution in [2.24, 2.45) is 11.3 Å². The summed E-state index contributed by atoms with van der Waals surface area (Å²) in [5.41, 5.74) is 1.29. The Hall–Kier alpha value is -1.35. The maximum Gasteiger partial charge on any atom is 0.226 e. The lowest BCUT2D eigenvalue weighted by atomic mass is 9.68. The number of nitrogens with one attached hydrogen (secondary N) is 2. The first-order valence-electron chi connectivity index (χ1n) is 7.31. The van der Waals surface area contributed by atoms with Crippen LogP contribution < -0.4 is 10.6 Å². The topological polar surface area (TPSA) is 41.1 Å². The molecular formula is C16H22N2O. The molecule has 2 saturated heterocycles. The van der Waals surface area contributed by atoms with Crippen LogP contribution in [0.2, 0.25) is 0 Å². The van der Waals surface area contributed by atoms with Crippen molar-refractivity contribution in [2.45, 2.75) is 25.7 Å². The van der Waals surface area contributed by atoms with Crippen molar-refractivity contribution in [2.75, 3.05) is 19.6 Å². The molecule has 3 nitrogen and oxygen atoms in total. The molecule has 2 N–H and O–H groups in total. The van der Waals surface area contributed by atoms with Gasteiger partial charge in [-0.15, -0.1) is 0 Å². The normalized spacial score (nSPS) is 26.1. The minimum atomic E-state index is -0.0943. The van der Waals surface area contributed by atoms with Gasteiger partial charge in [0, 0.05) is 6.54 Å². The second-order valence-corrected chi connectivity index (χ2v) is 6.00. The molecule has 0 aliphatic carbocycles. The van der Waals surface area contributed by atoms with E-state index < -0.39 is 0 Å². The van der Waals surface area contributed by atoms with Crippen molar-refractivity contribution in [3.8, 4) is 0 Å². The summed E-state index contributed by atoms with van der Waals surface area (Å²) in [4.78, 5) is 12.2. The molecule has 19 heavy (non-hydrogen) atoms. The summed E-state index contributed by atoms with van der Waals surface area (Å²) in [6.45, 7) is 2.79. The standard InChI is InChI=1S/C16H22N2O/c19-15-16(6-8-17-9-7-16)11-14(12-18-15)10-13-4-2-1-3-5-13/h1-5,14,17H,6-12H2,(H,18,19). The Morgan fingerprint density at radius 2 is 1.89 bits per heavy atom. The van der Waals surface area contributed by atoms with Crippen LogP contribution in [-0.2, 0) is 11.2 Å². The highest BCUT2D eigenvalue weighted by molar-refractivity contribution is 5.83. The Balaban J connectivity index is 1.69. The maximum atomic E-state index is 12.2. The molecule has 1 spiro atoms.